The minimum Gasteiger partial charge on any atom is -0.308 e. The van der Waals surface area contributed by atoms with E-state index < -0.39 is 0 Å². The fourth-order valence-corrected chi connectivity index (χ4v) is 2.76. The lowest BCUT2D eigenvalue weighted by atomic mass is 10.0. The van der Waals surface area contributed by atoms with E-state index in [2.05, 4.69) is 43.2 Å². The third kappa shape index (κ3) is 3.66. The van der Waals surface area contributed by atoms with Crippen LogP contribution in [0.4, 0.5) is 0 Å². The fraction of sp³-hybridized carbons (Fsp3) is 0.917. The van der Waals surface area contributed by atoms with Crippen LogP contribution in [0, 0.1) is 5.92 Å². The van der Waals surface area contributed by atoms with Crippen LogP contribution >= 0.6 is 0 Å². The van der Waals surface area contributed by atoms with Crippen molar-refractivity contribution in [3.05, 3.63) is 0 Å². The molecular formula is C12H26N4O. The van der Waals surface area contributed by atoms with Crippen molar-refractivity contribution in [1.29, 1.82) is 0 Å². The quantitative estimate of drug-likeness (QED) is 0.405. The van der Waals surface area contributed by atoms with Crippen molar-refractivity contribution in [2.75, 3.05) is 27.2 Å². The summed E-state index contributed by atoms with van der Waals surface area (Å²) in [6.45, 7) is 6.14. The Morgan fingerprint density at radius 2 is 2.18 bits per heavy atom. The largest absolute Gasteiger partial charge is 0.308 e. The van der Waals surface area contributed by atoms with Gasteiger partial charge in [-0.15, -0.1) is 0 Å². The van der Waals surface area contributed by atoms with Gasteiger partial charge in [0.25, 0.3) is 5.91 Å². The van der Waals surface area contributed by atoms with Crippen molar-refractivity contribution in [2.45, 2.75) is 38.8 Å². The number of hydrogen-bond donors (Lipinski definition) is 2. The first-order valence-electron chi connectivity index (χ1n) is 6.38. The summed E-state index contributed by atoms with van der Waals surface area (Å²) >= 11 is 0. The van der Waals surface area contributed by atoms with Gasteiger partial charge in [-0.1, -0.05) is 13.8 Å². The standard InChI is InChI=1S/C12H26N4O/c1-9(2)11(12(17)14-13)16-7-5-6-10(16)8-15(3)4/h9-11H,5-8,13H2,1-4H3,(H,14,17). The number of amides is 1. The number of carbonyl (C=O) groups is 1. The molecule has 0 saturated carbocycles. The second-order valence-corrected chi connectivity index (χ2v) is 5.49. The second-order valence-electron chi connectivity index (χ2n) is 5.49. The Balaban J connectivity index is 2.75. The maximum atomic E-state index is 11.9. The molecule has 0 aromatic carbocycles. The minimum absolute atomic E-state index is 0.0642. The monoisotopic (exact) mass is 242 g/mol. The molecule has 0 aliphatic carbocycles. The molecule has 1 saturated heterocycles. The third-order valence-electron chi connectivity index (χ3n) is 3.40. The van der Waals surface area contributed by atoms with Gasteiger partial charge in [-0.2, -0.15) is 0 Å². The highest BCUT2D eigenvalue weighted by Crippen LogP contribution is 2.24. The predicted molar refractivity (Wildman–Crippen MR) is 69.2 cm³/mol. The summed E-state index contributed by atoms with van der Waals surface area (Å²) in [4.78, 5) is 16.4. The molecule has 5 heteroatoms. The number of carbonyl (C=O) groups excluding carboxylic acids is 1. The normalized spacial score (nSPS) is 23.4. The first-order chi connectivity index (χ1) is 7.97. The summed E-state index contributed by atoms with van der Waals surface area (Å²) in [7, 11) is 4.15. The van der Waals surface area contributed by atoms with Crippen LogP contribution in [0.5, 0.6) is 0 Å². The van der Waals surface area contributed by atoms with Crippen molar-refractivity contribution in [3.63, 3.8) is 0 Å². The summed E-state index contributed by atoms with van der Waals surface area (Å²) in [5.74, 6) is 5.50. The molecule has 0 aromatic heterocycles. The smallest absolute Gasteiger partial charge is 0.251 e. The molecule has 2 unspecified atom stereocenters. The number of likely N-dealkylation sites (N-methyl/N-ethyl adjacent to an activating group) is 1. The molecule has 0 spiro atoms. The number of rotatable bonds is 5. The van der Waals surface area contributed by atoms with Crippen molar-refractivity contribution in [2.24, 2.45) is 11.8 Å². The fourth-order valence-electron chi connectivity index (χ4n) is 2.76. The van der Waals surface area contributed by atoms with Crippen LogP contribution in [0.2, 0.25) is 0 Å². The van der Waals surface area contributed by atoms with Crippen LogP contribution in [0.3, 0.4) is 0 Å². The van der Waals surface area contributed by atoms with E-state index in [0.29, 0.717) is 6.04 Å². The molecule has 17 heavy (non-hydrogen) atoms. The molecule has 100 valence electrons. The summed E-state index contributed by atoms with van der Waals surface area (Å²) in [6.07, 6.45) is 2.33. The highest BCUT2D eigenvalue weighted by molar-refractivity contribution is 5.81. The van der Waals surface area contributed by atoms with Crippen LogP contribution in [-0.2, 0) is 4.79 Å². The average Bonchev–Trinajstić information content (AvgIpc) is 2.65. The molecule has 5 nitrogen and oxygen atoms in total. The van der Waals surface area contributed by atoms with Crippen molar-refractivity contribution >= 4 is 5.91 Å². The summed E-state index contributed by atoms with van der Waals surface area (Å²) in [5.41, 5.74) is 2.30. The van der Waals surface area contributed by atoms with Crippen LogP contribution in [0.25, 0.3) is 0 Å². The van der Waals surface area contributed by atoms with Crippen LogP contribution in [-0.4, -0.2) is 55.0 Å². The molecule has 1 rings (SSSR count). The topological polar surface area (TPSA) is 61.6 Å². The Labute approximate surface area is 104 Å². The van der Waals surface area contributed by atoms with E-state index in [-0.39, 0.29) is 17.9 Å². The Kier molecular flexibility index (Phi) is 5.36. The lowest BCUT2D eigenvalue weighted by molar-refractivity contribution is -0.128. The van der Waals surface area contributed by atoms with Gasteiger partial charge in [0.05, 0.1) is 6.04 Å². The van der Waals surface area contributed by atoms with Crippen molar-refractivity contribution < 1.29 is 4.79 Å². The minimum atomic E-state index is -0.104. The van der Waals surface area contributed by atoms with Crippen LogP contribution in [0.15, 0.2) is 0 Å². The highest BCUT2D eigenvalue weighted by Gasteiger charge is 2.36. The van der Waals surface area contributed by atoms with E-state index in [0.717, 1.165) is 13.1 Å². The molecule has 0 bridgehead atoms. The lowest BCUT2D eigenvalue weighted by Gasteiger charge is -2.35. The number of nitrogens with two attached hydrogens (primary N) is 1. The number of hydrazine groups is 1. The van der Waals surface area contributed by atoms with E-state index in [1.165, 1.54) is 12.8 Å². The third-order valence-corrected chi connectivity index (χ3v) is 3.40. The maximum absolute atomic E-state index is 11.9. The van der Waals surface area contributed by atoms with E-state index in [4.69, 9.17) is 5.84 Å². The first-order valence-corrected chi connectivity index (χ1v) is 6.38. The summed E-state index contributed by atoms with van der Waals surface area (Å²) < 4.78 is 0. The number of nitrogens with zero attached hydrogens (tertiary/aromatic N) is 2. The van der Waals surface area contributed by atoms with Crippen LogP contribution in [0.1, 0.15) is 26.7 Å². The van der Waals surface area contributed by atoms with Gasteiger partial charge in [-0.3, -0.25) is 15.1 Å². The lowest BCUT2D eigenvalue weighted by Crippen LogP contribution is -2.54. The Bertz CT molecular complexity index is 255. The molecule has 1 fully saturated rings. The number of hydrogen-bond acceptors (Lipinski definition) is 4. The molecule has 3 N–H and O–H groups in total. The number of likely N-dealkylation sites (tertiary alicyclic amines) is 1. The molecule has 1 aliphatic rings. The zero-order chi connectivity index (χ0) is 13.0. The van der Waals surface area contributed by atoms with E-state index >= 15 is 0 Å². The summed E-state index contributed by atoms with van der Waals surface area (Å²) in [5, 5.41) is 0. The van der Waals surface area contributed by atoms with Gasteiger partial charge in [0, 0.05) is 12.6 Å². The van der Waals surface area contributed by atoms with Crippen molar-refractivity contribution in [1.82, 2.24) is 15.2 Å². The van der Waals surface area contributed by atoms with E-state index in [1.807, 2.05) is 0 Å². The second kappa shape index (κ2) is 6.33. The SMILES string of the molecule is CC(C)C(C(=O)NN)N1CCCC1CN(C)C. The Morgan fingerprint density at radius 3 is 2.65 bits per heavy atom. The zero-order valence-electron chi connectivity index (χ0n) is 11.4. The van der Waals surface area contributed by atoms with Crippen LogP contribution < -0.4 is 11.3 Å². The van der Waals surface area contributed by atoms with E-state index in [9.17, 15) is 4.79 Å². The molecule has 0 aromatic rings. The molecule has 1 aliphatic heterocycles. The Hall–Kier alpha value is -0.650. The average molecular weight is 242 g/mol. The molecule has 0 radical (unpaired) electrons. The highest BCUT2D eigenvalue weighted by atomic mass is 16.2. The maximum Gasteiger partial charge on any atom is 0.251 e. The molecule has 1 amide bonds. The zero-order valence-corrected chi connectivity index (χ0v) is 11.4. The number of nitrogens with one attached hydrogen (secondary N) is 1. The van der Waals surface area contributed by atoms with Gasteiger partial charge in [-0.05, 0) is 39.4 Å². The first kappa shape index (κ1) is 14.4. The molecule has 2 atom stereocenters. The van der Waals surface area contributed by atoms with Gasteiger partial charge in [0.2, 0.25) is 0 Å². The molecular weight excluding hydrogens is 216 g/mol. The van der Waals surface area contributed by atoms with Gasteiger partial charge in [0.15, 0.2) is 0 Å². The van der Waals surface area contributed by atoms with Gasteiger partial charge < -0.3 is 4.90 Å². The van der Waals surface area contributed by atoms with Gasteiger partial charge in [-0.25, -0.2) is 5.84 Å². The Morgan fingerprint density at radius 1 is 1.53 bits per heavy atom. The van der Waals surface area contributed by atoms with Gasteiger partial charge in [0.1, 0.15) is 0 Å². The predicted octanol–water partition coefficient (Wildman–Crippen LogP) is 0.0269. The van der Waals surface area contributed by atoms with E-state index in [1.54, 1.807) is 0 Å². The van der Waals surface area contributed by atoms with Crippen molar-refractivity contribution in [3.8, 4) is 0 Å². The molecule has 1 heterocycles. The van der Waals surface area contributed by atoms with Gasteiger partial charge >= 0.3 is 0 Å². The summed E-state index contributed by atoms with van der Waals surface area (Å²) in [6, 6.07) is 0.363.